The summed E-state index contributed by atoms with van der Waals surface area (Å²) in [6.07, 6.45) is 4.05. The highest BCUT2D eigenvalue weighted by Crippen LogP contribution is 2.28. The fourth-order valence-corrected chi connectivity index (χ4v) is 4.12. The third kappa shape index (κ3) is 7.50. The Labute approximate surface area is 247 Å². The first-order valence-electron chi connectivity index (χ1n) is 12.7. The van der Waals surface area contributed by atoms with Gasteiger partial charge in [-0.25, -0.2) is 4.39 Å². The number of amides is 2. The lowest BCUT2D eigenvalue weighted by molar-refractivity contribution is -0.113. The molecule has 0 bridgehead atoms. The Morgan fingerprint density at radius 1 is 0.810 bits per heavy atom. The largest absolute Gasteiger partial charge is 0.493 e. The molecule has 0 saturated carbocycles. The lowest BCUT2D eigenvalue weighted by Gasteiger charge is -2.13. The molecule has 0 saturated heterocycles. The van der Waals surface area contributed by atoms with Gasteiger partial charge in [-0.3, -0.25) is 14.4 Å². The van der Waals surface area contributed by atoms with Crippen LogP contribution in [0.3, 0.4) is 0 Å². The van der Waals surface area contributed by atoms with E-state index in [1.54, 1.807) is 60.7 Å². The predicted molar refractivity (Wildman–Crippen MR) is 161 cm³/mol. The molecule has 0 atom stereocenters. The molecule has 0 spiro atoms. The lowest BCUT2D eigenvalue weighted by atomic mass is 10.1. The van der Waals surface area contributed by atoms with Crippen LogP contribution in [-0.2, 0) is 4.79 Å². The number of ether oxygens (including phenoxy) is 2. The molecule has 7 nitrogen and oxygen atoms in total. The minimum Gasteiger partial charge on any atom is -0.493 e. The van der Waals surface area contributed by atoms with E-state index < -0.39 is 17.6 Å². The first-order chi connectivity index (χ1) is 20.3. The number of hydrogen-bond donors (Lipinski definition) is 2. The number of rotatable bonds is 10. The summed E-state index contributed by atoms with van der Waals surface area (Å²) in [7, 11) is 3.01. The van der Waals surface area contributed by atoms with Gasteiger partial charge in [0.2, 0.25) is 0 Å². The molecular weight excluding hydrogens is 559 g/mol. The van der Waals surface area contributed by atoms with Gasteiger partial charge >= 0.3 is 0 Å². The molecule has 0 aliphatic rings. The molecule has 0 aliphatic heterocycles. The SMILES string of the molecule is COc1ccc(/C=C(\NC(=O)c2ccccc2)C(=O)Nc2ccc(C(=O)/C=C/c3c(F)cccc3Cl)cc2)cc1OC. The second-order valence-corrected chi connectivity index (χ2v) is 9.26. The van der Waals surface area contributed by atoms with E-state index in [0.29, 0.717) is 33.9 Å². The molecule has 0 radical (unpaired) electrons. The van der Waals surface area contributed by atoms with Gasteiger partial charge in [0.15, 0.2) is 17.3 Å². The summed E-state index contributed by atoms with van der Waals surface area (Å²) in [5.41, 5.74) is 1.73. The molecule has 0 unspecified atom stereocenters. The van der Waals surface area contributed by atoms with Crippen molar-refractivity contribution in [3.8, 4) is 11.5 Å². The van der Waals surface area contributed by atoms with Crippen LogP contribution in [0.25, 0.3) is 12.2 Å². The van der Waals surface area contributed by atoms with Gasteiger partial charge in [-0.05, 0) is 84.5 Å². The number of methoxy groups -OCH3 is 2. The highest BCUT2D eigenvalue weighted by Gasteiger charge is 2.16. The fraction of sp³-hybridized carbons (Fsp3) is 0.0606. The third-order valence-corrected chi connectivity index (χ3v) is 6.41. The average molecular weight is 585 g/mol. The number of allylic oxidation sites excluding steroid dienone is 1. The lowest BCUT2D eigenvalue weighted by Crippen LogP contribution is -2.30. The van der Waals surface area contributed by atoms with E-state index in [1.807, 2.05) is 0 Å². The summed E-state index contributed by atoms with van der Waals surface area (Å²) in [5, 5.41) is 5.60. The monoisotopic (exact) mass is 584 g/mol. The van der Waals surface area contributed by atoms with Gasteiger partial charge in [0.25, 0.3) is 11.8 Å². The van der Waals surface area contributed by atoms with E-state index in [9.17, 15) is 18.8 Å². The Morgan fingerprint density at radius 2 is 1.52 bits per heavy atom. The number of anilines is 1. The van der Waals surface area contributed by atoms with Crippen molar-refractivity contribution in [2.45, 2.75) is 0 Å². The van der Waals surface area contributed by atoms with Crippen molar-refractivity contribution in [3.63, 3.8) is 0 Å². The summed E-state index contributed by atoms with van der Waals surface area (Å²) in [6.45, 7) is 0. The average Bonchev–Trinajstić information content (AvgIpc) is 3.01. The van der Waals surface area contributed by atoms with Gasteiger partial charge in [-0.15, -0.1) is 0 Å². The molecule has 0 aromatic heterocycles. The Bertz CT molecular complexity index is 1650. The van der Waals surface area contributed by atoms with E-state index in [1.165, 1.54) is 62.8 Å². The van der Waals surface area contributed by atoms with Crippen LogP contribution in [0.15, 0.2) is 103 Å². The van der Waals surface area contributed by atoms with Crippen molar-refractivity contribution in [1.82, 2.24) is 5.32 Å². The first-order valence-corrected chi connectivity index (χ1v) is 13.0. The summed E-state index contributed by atoms with van der Waals surface area (Å²) in [4.78, 5) is 38.9. The molecule has 212 valence electrons. The van der Waals surface area contributed by atoms with Crippen LogP contribution in [0.2, 0.25) is 5.02 Å². The topological polar surface area (TPSA) is 93.7 Å². The van der Waals surface area contributed by atoms with Gasteiger partial charge in [-0.2, -0.15) is 0 Å². The Morgan fingerprint density at radius 3 is 2.19 bits per heavy atom. The minimum atomic E-state index is -0.595. The molecule has 4 aromatic rings. The molecule has 2 amide bonds. The van der Waals surface area contributed by atoms with E-state index in [0.717, 1.165) is 0 Å². The van der Waals surface area contributed by atoms with Crippen LogP contribution in [0.1, 0.15) is 31.8 Å². The number of benzene rings is 4. The maximum Gasteiger partial charge on any atom is 0.272 e. The van der Waals surface area contributed by atoms with Crippen molar-refractivity contribution in [2.75, 3.05) is 19.5 Å². The van der Waals surface area contributed by atoms with Crippen LogP contribution in [-0.4, -0.2) is 31.8 Å². The molecular formula is C33H26ClFN2O5. The number of carbonyl (C=O) groups excluding carboxylic acids is 3. The second-order valence-electron chi connectivity index (χ2n) is 8.86. The van der Waals surface area contributed by atoms with Crippen LogP contribution in [0, 0.1) is 5.82 Å². The quantitative estimate of drug-likeness (QED) is 0.158. The summed E-state index contributed by atoms with van der Waals surface area (Å²) in [5.74, 6) is -1.03. The van der Waals surface area contributed by atoms with Crippen molar-refractivity contribution < 1.29 is 28.2 Å². The minimum absolute atomic E-state index is 0.0269. The van der Waals surface area contributed by atoms with Gasteiger partial charge in [0, 0.05) is 22.4 Å². The van der Waals surface area contributed by atoms with E-state index in [4.69, 9.17) is 21.1 Å². The van der Waals surface area contributed by atoms with Crippen LogP contribution >= 0.6 is 11.6 Å². The smallest absolute Gasteiger partial charge is 0.272 e. The zero-order valence-corrected chi connectivity index (χ0v) is 23.4. The van der Waals surface area contributed by atoms with E-state index in [-0.39, 0.29) is 22.1 Å². The molecule has 0 fully saturated rings. The number of carbonyl (C=O) groups is 3. The molecule has 9 heteroatoms. The van der Waals surface area contributed by atoms with Crippen LogP contribution in [0.5, 0.6) is 11.5 Å². The zero-order valence-electron chi connectivity index (χ0n) is 22.7. The Kier molecular flexibility index (Phi) is 9.86. The third-order valence-electron chi connectivity index (χ3n) is 6.08. The van der Waals surface area contributed by atoms with Crippen molar-refractivity contribution >= 4 is 47.0 Å². The Balaban J connectivity index is 1.54. The van der Waals surface area contributed by atoms with E-state index >= 15 is 0 Å². The first kappa shape index (κ1) is 29.8. The van der Waals surface area contributed by atoms with Crippen LogP contribution in [0.4, 0.5) is 10.1 Å². The molecule has 4 aromatic carbocycles. The second kappa shape index (κ2) is 13.9. The van der Waals surface area contributed by atoms with Gasteiger partial charge in [0.05, 0.1) is 19.2 Å². The molecule has 4 rings (SSSR count). The van der Waals surface area contributed by atoms with Gasteiger partial charge in [0.1, 0.15) is 11.5 Å². The molecule has 0 heterocycles. The van der Waals surface area contributed by atoms with Crippen LogP contribution < -0.4 is 20.1 Å². The Hall–Kier alpha value is -5.21. The molecule has 0 aliphatic carbocycles. The normalized spacial score (nSPS) is 11.2. The highest BCUT2D eigenvalue weighted by atomic mass is 35.5. The number of ketones is 1. The molecule has 42 heavy (non-hydrogen) atoms. The van der Waals surface area contributed by atoms with Crippen molar-refractivity contribution in [3.05, 3.63) is 136 Å². The fourth-order valence-electron chi connectivity index (χ4n) is 3.89. The maximum atomic E-state index is 14.0. The summed E-state index contributed by atoms with van der Waals surface area (Å²) >= 11 is 6.01. The summed E-state index contributed by atoms with van der Waals surface area (Å²) < 4.78 is 24.6. The maximum absolute atomic E-state index is 14.0. The number of hydrogen-bond acceptors (Lipinski definition) is 5. The molecule has 2 N–H and O–H groups in total. The summed E-state index contributed by atoms with van der Waals surface area (Å²) in [6, 6.07) is 23.9. The predicted octanol–water partition coefficient (Wildman–Crippen LogP) is 6.80. The van der Waals surface area contributed by atoms with Gasteiger partial charge in [-0.1, -0.05) is 41.9 Å². The van der Waals surface area contributed by atoms with Crippen molar-refractivity contribution in [1.29, 1.82) is 0 Å². The van der Waals surface area contributed by atoms with E-state index in [2.05, 4.69) is 10.6 Å². The number of nitrogens with one attached hydrogen (secondary N) is 2. The standard InChI is InChI=1S/C33H26ClFN2O5/c1-41-30-18-11-21(20-31(30)42-2)19-28(37-32(39)23-7-4-3-5-8-23)33(40)36-24-14-12-22(13-15-24)29(38)17-16-25-26(34)9-6-10-27(25)35/h3-20H,1-2H3,(H,36,40)(H,37,39)/b17-16+,28-19-. The van der Waals surface area contributed by atoms with Crippen molar-refractivity contribution in [2.24, 2.45) is 0 Å². The zero-order chi connectivity index (χ0) is 30.1. The van der Waals surface area contributed by atoms with Gasteiger partial charge < -0.3 is 20.1 Å². The highest BCUT2D eigenvalue weighted by molar-refractivity contribution is 6.32. The number of halogens is 2.